The van der Waals surface area contributed by atoms with E-state index in [1.54, 1.807) is 7.05 Å². The van der Waals surface area contributed by atoms with Gasteiger partial charge < -0.3 is 10.4 Å². The zero-order valence-corrected chi connectivity index (χ0v) is 9.44. The quantitative estimate of drug-likeness (QED) is 0.808. The average molecular weight is 213 g/mol. The molecule has 4 heteroatoms. The second-order valence-electron chi connectivity index (χ2n) is 3.62. The lowest BCUT2D eigenvalue weighted by molar-refractivity contribution is 0.0697. The lowest BCUT2D eigenvalue weighted by Gasteiger charge is -2.05. The molecule has 0 fully saturated rings. The Morgan fingerprint density at radius 1 is 1.64 bits per heavy atom. The fraction of sp³-hybridized carbons (Fsp3) is 0.500. The Hall–Kier alpha value is -1.03. The lowest BCUT2D eigenvalue weighted by Crippen LogP contribution is -2.04. The molecule has 0 aliphatic heterocycles. The lowest BCUT2D eigenvalue weighted by atomic mass is 10.0. The molecule has 1 aromatic rings. The van der Waals surface area contributed by atoms with Gasteiger partial charge in [0.1, 0.15) is 5.00 Å². The van der Waals surface area contributed by atoms with Crippen molar-refractivity contribution in [2.24, 2.45) is 5.92 Å². The molecule has 2 N–H and O–H groups in total. The van der Waals surface area contributed by atoms with E-state index >= 15 is 0 Å². The number of carboxylic acid groups (broad SMARTS) is 1. The Bertz CT molecular complexity index is 331. The molecular formula is C10H15NO2S. The van der Waals surface area contributed by atoms with Crippen molar-refractivity contribution in [3.05, 3.63) is 16.5 Å². The van der Waals surface area contributed by atoms with Gasteiger partial charge in [0.25, 0.3) is 0 Å². The van der Waals surface area contributed by atoms with E-state index in [4.69, 9.17) is 5.11 Å². The molecule has 1 aromatic heterocycles. The smallest absolute Gasteiger partial charge is 0.338 e. The summed E-state index contributed by atoms with van der Waals surface area (Å²) in [4.78, 5) is 11.0. The Balaban J connectivity index is 3.04. The highest BCUT2D eigenvalue weighted by atomic mass is 32.1. The summed E-state index contributed by atoms with van der Waals surface area (Å²) in [6, 6.07) is 0. The number of aromatic carboxylic acids is 1. The van der Waals surface area contributed by atoms with Crippen LogP contribution in [0.4, 0.5) is 5.00 Å². The number of rotatable bonds is 4. The number of carboxylic acids is 1. The van der Waals surface area contributed by atoms with Gasteiger partial charge in [-0.05, 0) is 23.3 Å². The maximum Gasteiger partial charge on any atom is 0.338 e. The van der Waals surface area contributed by atoms with Gasteiger partial charge in [0.15, 0.2) is 0 Å². The van der Waals surface area contributed by atoms with Gasteiger partial charge in [-0.25, -0.2) is 4.79 Å². The van der Waals surface area contributed by atoms with Crippen molar-refractivity contribution in [2.75, 3.05) is 12.4 Å². The minimum absolute atomic E-state index is 0.436. The van der Waals surface area contributed by atoms with E-state index in [1.807, 2.05) is 5.38 Å². The van der Waals surface area contributed by atoms with Crippen LogP contribution in [-0.2, 0) is 6.42 Å². The molecule has 0 spiro atoms. The molecular weight excluding hydrogens is 198 g/mol. The topological polar surface area (TPSA) is 49.3 Å². The van der Waals surface area contributed by atoms with Crippen LogP contribution in [0, 0.1) is 5.92 Å². The number of anilines is 1. The maximum atomic E-state index is 11.0. The molecule has 0 aliphatic carbocycles. The van der Waals surface area contributed by atoms with E-state index in [0.717, 1.165) is 17.0 Å². The summed E-state index contributed by atoms with van der Waals surface area (Å²) in [5.41, 5.74) is 1.37. The predicted octanol–water partition coefficient (Wildman–Crippen LogP) is 2.69. The fourth-order valence-corrected chi connectivity index (χ4v) is 2.33. The van der Waals surface area contributed by atoms with Crippen molar-refractivity contribution in [3.63, 3.8) is 0 Å². The second-order valence-corrected chi connectivity index (χ2v) is 4.50. The highest BCUT2D eigenvalue weighted by Crippen LogP contribution is 2.29. The van der Waals surface area contributed by atoms with Gasteiger partial charge in [0, 0.05) is 7.05 Å². The number of nitrogens with one attached hydrogen (secondary N) is 1. The molecule has 0 aliphatic rings. The van der Waals surface area contributed by atoms with E-state index in [9.17, 15) is 4.79 Å². The molecule has 3 nitrogen and oxygen atoms in total. The van der Waals surface area contributed by atoms with E-state index in [2.05, 4.69) is 19.2 Å². The Morgan fingerprint density at radius 3 is 2.71 bits per heavy atom. The average Bonchev–Trinajstić information content (AvgIpc) is 2.46. The molecule has 1 heterocycles. The van der Waals surface area contributed by atoms with Crippen molar-refractivity contribution < 1.29 is 9.90 Å². The van der Waals surface area contributed by atoms with Crippen LogP contribution in [0.25, 0.3) is 0 Å². The molecule has 0 amide bonds. The summed E-state index contributed by atoms with van der Waals surface area (Å²) in [5.74, 6) is -0.362. The second kappa shape index (κ2) is 4.46. The Kier molecular flexibility index (Phi) is 3.52. The fourth-order valence-electron chi connectivity index (χ4n) is 1.40. The minimum Gasteiger partial charge on any atom is -0.478 e. The van der Waals surface area contributed by atoms with Crippen LogP contribution < -0.4 is 5.32 Å². The van der Waals surface area contributed by atoms with Crippen LogP contribution in [0.3, 0.4) is 0 Å². The van der Waals surface area contributed by atoms with Crippen LogP contribution in [0.1, 0.15) is 29.8 Å². The zero-order chi connectivity index (χ0) is 10.7. The predicted molar refractivity (Wildman–Crippen MR) is 59.4 cm³/mol. The maximum absolute atomic E-state index is 11.0. The summed E-state index contributed by atoms with van der Waals surface area (Å²) < 4.78 is 0. The number of hydrogen-bond donors (Lipinski definition) is 2. The number of thiophene rings is 1. The number of hydrogen-bond acceptors (Lipinski definition) is 3. The third kappa shape index (κ3) is 2.26. The summed E-state index contributed by atoms with van der Waals surface area (Å²) >= 11 is 1.45. The van der Waals surface area contributed by atoms with Gasteiger partial charge in [0.05, 0.1) is 5.56 Å². The molecule has 0 bridgehead atoms. The summed E-state index contributed by atoms with van der Waals surface area (Å²) in [6.07, 6.45) is 0.819. The SMILES string of the molecule is CNc1scc(CC(C)C)c1C(=O)O. The van der Waals surface area contributed by atoms with E-state index in [1.165, 1.54) is 11.3 Å². The van der Waals surface area contributed by atoms with Gasteiger partial charge in [-0.2, -0.15) is 0 Å². The first kappa shape index (κ1) is 11.0. The van der Waals surface area contributed by atoms with Gasteiger partial charge in [0.2, 0.25) is 0 Å². The van der Waals surface area contributed by atoms with Gasteiger partial charge in [-0.3, -0.25) is 0 Å². The van der Waals surface area contributed by atoms with Crippen LogP contribution in [0.2, 0.25) is 0 Å². The highest BCUT2D eigenvalue weighted by Gasteiger charge is 2.17. The summed E-state index contributed by atoms with van der Waals surface area (Å²) in [6.45, 7) is 4.17. The minimum atomic E-state index is -0.841. The Labute approximate surface area is 87.8 Å². The van der Waals surface area contributed by atoms with Crippen molar-refractivity contribution in [2.45, 2.75) is 20.3 Å². The molecule has 1 rings (SSSR count). The molecule has 14 heavy (non-hydrogen) atoms. The first-order valence-corrected chi connectivity index (χ1v) is 5.45. The van der Waals surface area contributed by atoms with Crippen LogP contribution >= 0.6 is 11.3 Å². The van der Waals surface area contributed by atoms with Crippen LogP contribution in [0.5, 0.6) is 0 Å². The first-order valence-electron chi connectivity index (χ1n) is 4.57. The molecule has 0 saturated heterocycles. The molecule has 0 unspecified atom stereocenters. The van der Waals surface area contributed by atoms with Gasteiger partial charge >= 0.3 is 5.97 Å². The molecule has 0 aromatic carbocycles. The third-order valence-electron chi connectivity index (χ3n) is 1.94. The molecule has 0 radical (unpaired) electrons. The summed E-state index contributed by atoms with van der Waals surface area (Å²) in [7, 11) is 1.75. The zero-order valence-electron chi connectivity index (χ0n) is 8.63. The van der Waals surface area contributed by atoms with Crippen LogP contribution in [-0.4, -0.2) is 18.1 Å². The monoisotopic (exact) mass is 213 g/mol. The van der Waals surface area contributed by atoms with Crippen LogP contribution in [0.15, 0.2) is 5.38 Å². The Morgan fingerprint density at radius 2 is 2.29 bits per heavy atom. The van der Waals surface area contributed by atoms with E-state index in [-0.39, 0.29) is 0 Å². The third-order valence-corrected chi connectivity index (χ3v) is 2.98. The molecule has 0 atom stereocenters. The molecule has 0 saturated carbocycles. The normalized spacial score (nSPS) is 10.6. The largest absolute Gasteiger partial charge is 0.478 e. The summed E-state index contributed by atoms with van der Waals surface area (Å²) in [5, 5.41) is 14.6. The highest BCUT2D eigenvalue weighted by molar-refractivity contribution is 7.14. The van der Waals surface area contributed by atoms with Crippen molar-refractivity contribution in [1.82, 2.24) is 0 Å². The van der Waals surface area contributed by atoms with Gasteiger partial charge in [-0.15, -0.1) is 11.3 Å². The first-order chi connectivity index (χ1) is 6.56. The van der Waals surface area contributed by atoms with E-state index < -0.39 is 5.97 Å². The van der Waals surface area contributed by atoms with Crippen molar-refractivity contribution in [3.8, 4) is 0 Å². The van der Waals surface area contributed by atoms with Crippen molar-refractivity contribution in [1.29, 1.82) is 0 Å². The molecule has 78 valence electrons. The van der Waals surface area contributed by atoms with Crippen molar-refractivity contribution >= 4 is 22.3 Å². The van der Waals surface area contributed by atoms with E-state index in [0.29, 0.717) is 11.5 Å². The van der Waals surface area contributed by atoms with Gasteiger partial charge in [-0.1, -0.05) is 13.8 Å². The standard InChI is InChI=1S/C10H15NO2S/c1-6(2)4-7-5-14-9(11-3)8(7)10(12)13/h5-6,11H,4H2,1-3H3,(H,12,13). The number of carbonyl (C=O) groups is 1.